The van der Waals surface area contributed by atoms with Crippen LogP contribution in [-0.4, -0.2) is 46.8 Å². The summed E-state index contributed by atoms with van der Waals surface area (Å²) in [5.74, 6) is 0.277. The average molecular weight is 387 g/mol. The molecule has 1 fully saturated rings. The van der Waals surface area contributed by atoms with Gasteiger partial charge in [0.15, 0.2) is 0 Å². The van der Waals surface area contributed by atoms with Gasteiger partial charge in [-0.1, -0.05) is 19.8 Å². The number of benzene rings is 1. The number of halogens is 1. The fourth-order valence-corrected chi connectivity index (χ4v) is 4.50. The Morgan fingerprint density at radius 2 is 2.00 bits per heavy atom. The Morgan fingerprint density at radius 3 is 2.61 bits per heavy atom. The highest BCUT2D eigenvalue weighted by atomic mass is 19.1. The molecular formula is C22H31FN4O. The summed E-state index contributed by atoms with van der Waals surface area (Å²) >= 11 is 0. The summed E-state index contributed by atoms with van der Waals surface area (Å²) in [5, 5.41) is 7.69. The van der Waals surface area contributed by atoms with Crippen LogP contribution in [0.3, 0.4) is 0 Å². The molecule has 3 rings (SSSR count). The van der Waals surface area contributed by atoms with Crippen LogP contribution in [0.2, 0.25) is 0 Å². The van der Waals surface area contributed by atoms with Crippen LogP contribution >= 0.6 is 0 Å². The molecular weight excluding hydrogens is 355 g/mol. The molecule has 0 bridgehead atoms. The summed E-state index contributed by atoms with van der Waals surface area (Å²) in [6, 6.07) is 6.13. The van der Waals surface area contributed by atoms with Crippen molar-refractivity contribution in [1.82, 2.24) is 20.0 Å². The highest BCUT2D eigenvalue weighted by molar-refractivity contribution is 5.96. The summed E-state index contributed by atoms with van der Waals surface area (Å²) < 4.78 is 14.9. The number of carbonyl (C=O) groups excluding carboxylic acids is 1. The van der Waals surface area contributed by atoms with Crippen LogP contribution in [-0.2, 0) is 0 Å². The number of hydrogen-bond acceptors (Lipinski definition) is 3. The molecule has 1 saturated carbocycles. The van der Waals surface area contributed by atoms with E-state index in [9.17, 15) is 9.18 Å². The van der Waals surface area contributed by atoms with Crippen LogP contribution in [0.4, 0.5) is 4.39 Å². The van der Waals surface area contributed by atoms with Crippen LogP contribution in [0, 0.1) is 25.6 Å². The summed E-state index contributed by atoms with van der Waals surface area (Å²) in [7, 11) is 4.21. The normalized spacial score (nSPS) is 22.5. The van der Waals surface area contributed by atoms with E-state index in [2.05, 4.69) is 36.3 Å². The molecule has 2 aromatic rings. The van der Waals surface area contributed by atoms with Crippen molar-refractivity contribution < 1.29 is 9.18 Å². The van der Waals surface area contributed by atoms with Crippen molar-refractivity contribution in [2.75, 3.05) is 20.6 Å². The molecule has 1 amide bonds. The molecule has 2 unspecified atom stereocenters. The first-order valence-electron chi connectivity index (χ1n) is 10.0. The Bertz CT molecular complexity index is 843. The van der Waals surface area contributed by atoms with Crippen LogP contribution < -0.4 is 5.32 Å². The molecule has 2 atom stereocenters. The fourth-order valence-electron chi connectivity index (χ4n) is 4.50. The lowest BCUT2D eigenvalue weighted by molar-refractivity contribution is 0.0674. The molecule has 152 valence electrons. The van der Waals surface area contributed by atoms with Crippen molar-refractivity contribution >= 4 is 5.91 Å². The lowest BCUT2D eigenvalue weighted by atomic mass is 9.75. The van der Waals surface area contributed by atoms with Crippen LogP contribution in [0.15, 0.2) is 24.3 Å². The molecule has 1 aliphatic rings. The minimum Gasteiger partial charge on any atom is -0.350 e. The molecule has 5 nitrogen and oxygen atoms in total. The summed E-state index contributed by atoms with van der Waals surface area (Å²) in [6.45, 7) is 6.64. The number of aryl methyl sites for hydroxylation is 1. The fraction of sp³-hybridized carbons (Fsp3) is 0.545. The Balaban J connectivity index is 1.80. The van der Waals surface area contributed by atoms with E-state index in [4.69, 9.17) is 0 Å². The Kier molecular flexibility index (Phi) is 5.89. The number of likely N-dealkylation sites (N-methyl/N-ethyl adjacent to an activating group) is 1. The molecule has 6 heteroatoms. The molecule has 0 aliphatic heterocycles. The molecule has 1 aromatic heterocycles. The Hall–Kier alpha value is -2.21. The third-order valence-electron chi connectivity index (χ3n) is 6.18. The summed E-state index contributed by atoms with van der Waals surface area (Å²) in [4.78, 5) is 15.3. The maximum absolute atomic E-state index is 13.2. The Morgan fingerprint density at radius 1 is 1.32 bits per heavy atom. The monoisotopic (exact) mass is 386 g/mol. The third kappa shape index (κ3) is 3.97. The van der Waals surface area contributed by atoms with Gasteiger partial charge in [0.2, 0.25) is 0 Å². The molecule has 0 saturated heterocycles. The zero-order chi connectivity index (χ0) is 20.5. The van der Waals surface area contributed by atoms with Gasteiger partial charge >= 0.3 is 0 Å². The predicted molar refractivity (Wildman–Crippen MR) is 109 cm³/mol. The third-order valence-corrected chi connectivity index (χ3v) is 6.18. The lowest BCUT2D eigenvalue weighted by Crippen LogP contribution is -2.55. The van der Waals surface area contributed by atoms with E-state index in [1.54, 1.807) is 16.8 Å². The van der Waals surface area contributed by atoms with Gasteiger partial charge in [-0.2, -0.15) is 5.10 Å². The number of aromatic nitrogens is 2. The van der Waals surface area contributed by atoms with Crippen LogP contribution in [0.25, 0.3) is 5.69 Å². The summed E-state index contributed by atoms with van der Waals surface area (Å²) in [5.41, 5.74) is 2.78. The maximum atomic E-state index is 13.2. The standard InChI is InChI=1S/C22H31FN4O/c1-15-7-6-12-22(13-15,26(4)5)14-24-21(28)20-16(2)25-27(17(20)3)19-10-8-18(23)9-11-19/h8-11,15H,6-7,12-14H2,1-5H3,(H,24,28). The zero-order valence-corrected chi connectivity index (χ0v) is 17.6. The van der Waals surface area contributed by atoms with Crippen molar-refractivity contribution in [1.29, 1.82) is 0 Å². The quantitative estimate of drug-likeness (QED) is 0.849. The highest BCUT2D eigenvalue weighted by Gasteiger charge is 2.37. The van der Waals surface area contributed by atoms with Gasteiger partial charge in [0, 0.05) is 12.1 Å². The average Bonchev–Trinajstić information content (AvgIpc) is 2.94. The van der Waals surface area contributed by atoms with E-state index in [1.165, 1.54) is 25.0 Å². The molecule has 0 radical (unpaired) electrons. The topological polar surface area (TPSA) is 50.2 Å². The molecule has 1 aliphatic carbocycles. The van der Waals surface area contributed by atoms with Gasteiger partial charge in [-0.3, -0.25) is 4.79 Å². The first-order valence-corrected chi connectivity index (χ1v) is 10.0. The van der Waals surface area contributed by atoms with Gasteiger partial charge < -0.3 is 10.2 Å². The van der Waals surface area contributed by atoms with Gasteiger partial charge in [0.25, 0.3) is 5.91 Å². The van der Waals surface area contributed by atoms with Gasteiger partial charge in [0.05, 0.1) is 22.6 Å². The second kappa shape index (κ2) is 8.03. The Labute approximate surface area is 166 Å². The van der Waals surface area contributed by atoms with E-state index in [1.807, 2.05) is 13.8 Å². The van der Waals surface area contributed by atoms with E-state index in [-0.39, 0.29) is 17.3 Å². The molecule has 1 N–H and O–H groups in total. The van der Waals surface area contributed by atoms with E-state index in [0.717, 1.165) is 24.2 Å². The number of nitrogens with one attached hydrogen (secondary N) is 1. The van der Waals surface area contributed by atoms with Gasteiger partial charge in [-0.05, 0) is 71.0 Å². The molecule has 0 spiro atoms. The van der Waals surface area contributed by atoms with Gasteiger partial charge in [-0.25, -0.2) is 9.07 Å². The number of amides is 1. The van der Waals surface area contributed by atoms with E-state index < -0.39 is 0 Å². The van der Waals surface area contributed by atoms with Gasteiger partial charge in [-0.15, -0.1) is 0 Å². The first-order chi connectivity index (χ1) is 13.2. The minimum absolute atomic E-state index is 0.00207. The van der Waals surface area contributed by atoms with Crippen molar-refractivity contribution in [3.63, 3.8) is 0 Å². The first kappa shape index (κ1) is 20.5. The summed E-state index contributed by atoms with van der Waals surface area (Å²) in [6.07, 6.45) is 4.63. The largest absolute Gasteiger partial charge is 0.350 e. The predicted octanol–water partition coefficient (Wildman–Crippen LogP) is 3.87. The van der Waals surface area contributed by atoms with Crippen LogP contribution in [0.5, 0.6) is 0 Å². The number of nitrogens with zero attached hydrogens (tertiary/aromatic N) is 3. The molecule has 28 heavy (non-hydrogen) atoms. The second-order valence-electron chi connectivity index (χ2n) is 8.44. The minimum atomic E-state index is -0.293. The van der Waals surface area contributed by atoms with Crippen molar-refractivity contribution in [2.45, 2.75) is 52.0 Å². The second-order valence-corrected chi connectivity index (χ2v) is 8.44. The number of hydrogen-bond donors (Lipinski definition) is 1. The van der Waals surface area contributed by atoms with E-state index >= 15 is 0 Å². The number of carbonyl (C=O) groups is 1. The zero-order valence-electron chi connectivity index (χ0n) is 17.6. The molecule has 1 aromatic carbocycles. The van der Waals surface area contributed by atoms with Crippen LogP contribution in [0.1, 0.15) is 54.4 Å². The maximum Gasteiger partial charge on any atom is 0.255 e. The van der Waals surface area contributed by atoms with Crippen molar-refractivity contribution in [3.05, 3.63) is 47.0 Å². The van der Waals surface area contributed by atoms with Gasteiger partial charge in [0.1, 0.15) is 5.82 Å². The molecule has 1 heterocycles. The van der Waals surface area contributed by atoms with Crippen molar-refractivity contribution in [2.24, 2.45) is 5.92 Å². The lowest BCUT2D eigenvalue weighted by Gasteiger charge is -2.45. The smallest absolute Gasteiger partial charge is 0.255 e. The SMILES string of the molecule is Cc1nn(-c2ccc(F)cc2)c(C)c1C(=O)NCC1(N(C)C)CCCC(C)C1. The highest BCUT2D eigenvalue weighted by Crippen LogP contribution is 2.35. The van der Waals surface area contributed by atoms with Crippen molar-refractivity contribution in [3.8, 4) is 5.69 Å². The van der Waals surface area contributed by atoms with E-state index in [0.29, 0.717) is 23.7 Å². The number of rotatable bonds is 5.